The molecule has 1 unspecified atom stereocenters. The Morgan fingerprint density at radius 1 is 1.18 bits per heavy atom. The smallest absolute Gasteiger partial charge is 0.212 e. The van der Waals surface area contributed by atoms with E-state index < -0.39 is 10.0 Å². The molecule has 1 rings (SSSR count). The molecule has 3 nitrogen and oxygen atoms in total. The number of hydrogen-bond acceptors (Lipinski definition) is 2. The second kappa shape index (κ2) is 6.17. The van der Waals surface area contributed by atoms with E-state index in [0.717, 1.165) is 12.0 Å². The molecule has 0 aromatic heterocycles. The Balaban J connectivity index is 2.93. The Kier molecular flexibility index (Phi) is 5.15. The molecule has 0 N–H and O–H groups in total. The summed E-state index contributed by atoms with van der Waals surface area (Å²) in [6.07, 6.45) is 0.825. The van der Waals surface area contributed by atoms with Crippen LogP contribution in [0.3, 0.4) is 0 Å². The van der Waals surface area contributed by atoms with Gasteiger partial charge in [0.15, 0.2) is 0 Å². The second-order valence-electron chi connectivity index (χ2n) is 4.19. The van der Waals surface area contributed by atoms with Crippen molar-refractivity contribution in [3.63, 3.8) is 0 Å². The van der Waals surface area contributed by atoms with Gasteiger partial charge in [0.2, 0.25) is 10.0 Å². The van der Waals surface area contributed by atoms with Gasteiger partial charge in [-0.3, -0.25) is 0 Å². The first kappa shape index (κ1) is 14.2. The van der Waals surface area contributed by atoms with Crippen molar-refractivity contribution in [2.75, 3.05) is 5.75 Å². The fraction of sp³-hybridized carbons (Fsp3) is 0.538. The van der Waals surface area contributed by atoms with Crippen LogP contribution < -0.4 is 0 Å². The maximum Gasteiger partial charge on any atom is 0.214 e. The van der Waals surface area contributed by atoms with E-state index in [2.05, 4.69) is 0 Å². The first-order chi connectivity index (χ1) is 8.01. The highest BCUT2D eigenvalue weighted by molar-refractivity contribution is 7.89. The lowest BCUT2D eigenvalue weighted by atomic mass is 10.2. The van der Waals surface area contributed by atoms with Gasteiger partial charge in [0, 0.05) is 12.6 Å². The molecule has 0 fully saturated rings. The predicted octanol–water partition coefficient (Wildman–Crippen LogP) is 2.64. The molecule has 96 valence electrons. The third kappa shape index (κ3) is 3.82. The topological polar surface area (TPSA) is 37.4 Å². The summed E-state index contributed by atoms with van der Waals surface area (Å²) >= 11 is 0. The Morgan fingerprint density at radius 2 is 1.76 bits per heavy atom. The van der Waals surface area contributed by atoms with E-state index in [1.807, 2.05) is 44.2 Å². The average Bonchev–Trinajstić information content (AvgIpc) is 2.36. The summed E-state index contributed by atoms with van der Waals surface area (Å²) in [6.45, 7) is 6.12. The largest absolute Gasteiger partial charge is 0.214 e. The van der Waals surface area contributed by atoms with Crippen LogP contribution in [0.4, 0.5) is 0 Å². The third-order valence-electron chi connectivity index (χ3n) is 2.99. The first-order valence-corrected chi connectivity index (χ1v) is 7.65. The lowest BCUT2D eigenvalue weighted by molar-refractivity contribution is 0.323. The highest BCUT2D eigenvalue weighted by atomic mass is 32.2. The van der Waals surface area contributed by atoms with E-state index in [9.17, 15) is 8.42 Å². The van der Waals surface area contributed by atoms with Gasteiger partial charge in [-0.2, -0.15) is 4.31 Å². The van der Waals surface area contributed by atoms with E-state index in [4.69, 9.17) is 0 Å². The maximum absolute atomic E-state index is 12.0. The second-order valence-corrected chi connectivity index (χ2v) is 6.40. The van der Waals surface area contributed by atoms with Crippen LogP contribution >= 0.6 is 0 Å². The van der Waals surface area contributed by atoms with Crippen LogP contribution in [0.1, 0.15) is 32.8 Å². The minimum Gasteiger partial charge on any atom is -0.212 e. The van der Waals surface area contributed by atoms with Gasteiger partial charge in [0.1, 0.15) is 0 Å². The summed E-state index contributed by atoms with van der Waals surface area (Å²) in [5.41, 5.74) is 1.03. The molecular weight excluding hydrogens is 234 g/mol. The van der Waals surface area contributed by atoms with Crippen LogP contribution in [0.15, 0.2) is 30.3 Å². The quantitative estimate of drug-likeness (QED) is 0.783. The van der Waals surface area contributed by atoms with Crippen molar-refractivity contribution in [2.24, 2.45) is 0 Å². The van der Waals surface area contributed by atoms with Gasteiger partial charge in [0.25, 0.3) is 0 Å². The zero-order chi connectivity index (χ0) is 12.9. The van der Waals surface area contributed by atoms with Crippen LogP contribution in [0.25, 0.3) is 0 Å². The molecule has 0 amide bonds. The molecule has 4 heteroatoms. The Bertz CT molecular complexity index is 428. The van der Waals surface area contributed by atoms with Crippen molar-refractivity contribution < 1.29 is 8.42 Å². The van der Waals surface area contributed by atoms with Gasteiger partial charge in [-0.05, 0) is 25.8 Å². The van der Waals surface area contributed by atoms with Gasteiger partial charge < -0.3 is 0 Å². The van der Waals surface area contributed by atoms with Crippen LogP contribution in [0.2, 0.25) is 0 Å². The minimum atomic E-state index is -3.14. The number of nitrogens with zero attached hydrogens (tertiary/aromatic N) is 1. The fourth-order valence-electron chi connectivity index (χ4n) is 1.66. The Labute approximate surface area is 105 Å². The van der Waals surface area contributed by atoms with E-state index in [0.29, 0.717) is 6.54 Å². The lowest BCUT2D eigenvalue weighted by Gasteiger charge is -2.27. The molecule has 1 aromatic carbocycles. The molecule has 0 saturated carbocycles. The summed E-state index contributed by atoms with van der Waals surface area (Å²) < 4.78 is 25.7. The van der Waals surface area contributed by atoms with Crippen molar-refractivity contribution in [1.82, 2.24) is 4.31 Å². The van der Waals surface area contributed by atoms with E-state index in [-0.39, 0.29) is 11.8 Å². The molecule has 0 aliphatic rings. The number of sulfonamides is 1. The van der Waals surface area contributed by atoms with E-state index in [1.54, 1.807) is 11.2 Å². The van der Waals surface area contributed by atoms with Crippen molar-refractivity contribution in [1.29, 1.82) is 0 Å². The monoisotopic (exact) mass is 255 g/mol. The summed E-state index contributed by atoms with van der Waals surface area (Å²) in [4.78, 5) is 0. The van der Waals surface area contributed by atoms with Gasteiger partial charge in [-0.15, -0.1) is 0 Å². The van der Waals surface area contributed by atoms with Crippen LogP contribution in [-0.2, 0) is 16.6 Å². The molecule has 0 bridgehead atoms. The minimum absolute atomic E-state index is 0.0418. The molecular formula is C13H21NO2S. The highest BCUT2D eigenvalue weighted by Crippen LogP contribution is 2.15. The van der Waals surface area contributed by atoms with Crippen molar-refractivity contribution in [3.05, 3.63) is 35.9 Å². The van der Waals surface area contributed by atoms with Gasteiger partial charge in [-0.25, -0.2) is 8.42 Å². The highest BCUT2D eigenvalue weighted by Gasteiger charge is 2.24. The van der Waals surface area contributed by atoms with E-state index >= 15 is 0 Å². The fourth-order valence-corrected chi connectivity index (χ4v) is 3.04. The SMILES string of the molecule is CCC(C)N(Cc1ccccc1)S(=O)(=O)CC. The maximum atomic E-state index is 12.0. The first-order valence-electron chi connectivity index (χ1n) is 6.04. The Hall–Kier alpha value is -0.870. The molecule has 0 radical (unpaired) electrons. The Morgan fingerprint density at radius 3 is 2.24 bits per heavy atom. The van der Waals surface area contributed by atoms with Gasteiger partial charge in [-0.1, -0.05) is 37.3 Å². The van der Waals surface area contributed by atoms with Crippen LogP contribution in [0, 0.1) is 0 Å². The molecule has 0 heterocycles. The van der Waals surface area contributed by atoms with Gasteiger partial charge in [0.05, 0.1) is 5.75 Å². The summed E-state index contributed by atoms with van der Waals surface area (Å²) in [5, 5.41) is 0. The zero-order valence-corrected chi connectivity index (χ0v) is 11.6. The van der Waals surface area contributed by atoms with E-state index in [1.165, 1.54) is 0 Å². The molecule has 0 aliphatic heterocycles. The van der Waals surface area contributed by atoms with Crippen molar-refractivity contribution in [3.8, 4) is 0 Å². The normalized spacial score (nSPS) is 13.9. The van der Waals surface area contributed by atoms with Crippen molar-refractivity contribution in [2.45, 2.75) is 39.8 Å². The van der Waals surface area contributed by atoms with Crippen LogP contribution in [-0.4, -0.2) is 24.5 Å². The number of hydrogen-bond donors (Lipinski definition) is 0. The number of benzene rings is 1. The molecule has 17 heavy (non-hydrogen) atoms. The zero-order valence-electron chi connectivity index (χ0n) is 10.8. The molecule has 0 spiro atoms. The predicted molar refractivity (Wildman–Crippen MR) is 71.2 cm³/mol. The number of rotatable bonds is 6. The molecule has 1 atom stereocenters. The van der Waals surface area contributed by atoms with Crippen LogP contribution in [0.5, 0.6) is 0 Å². The summed E-state index contributed by atoms with van der Waals surface area (Å²) in [6, 6.07) is 9.76. The van der Waals surface area contributed by atoms with Gasteiger partial charge >= 0.3 is 0 Å². The lowest BCUT2D eigenvalue weighted by Crippen LogP contribution is -2.38. The summed E-state index contributed by atoms with van der Waals surface area (Å²) in [7, 11) is -3.14. The van der Waals surface area contributed by atoms with Crippen molar-refractivity contribution >= 4 is 10.0 Å². The summed E-state index contributed by atoms with van der Waals surface area (Å²) in [5.74, 6) is 0.157. The molecule has 1 aromatic rings. The third-order valence-corrected chi connectivity index (χ3v) is 4.92. The standard InChI is InChI=1S/C13H21NO2S/c1-4-12(3)14(17(15,16)5-2)11-13-9-7-6-8-10-13/h6-10,12H,4-5,11H2,1-3H3. The molecule has 0 saturated heterocycles. The molecule has 0 aliphatic carbocycles. The average molecular weight is 255 g/mol.